The van der Waals surface area contributed by atoms with E-state index in [1.165, 1.54) is 43.0 Å². The number of rotatable bonds is 6. The Kier molecular flexibility index (Phi) is 6.94. The molecule has 27 heavy (non-hydrogen) atoms. The van der Waals surface area contributed by atoms with Crippen LogP contribution in [0.2, 0.25) is 0 Å². The maximum absolute atomic E-state index is 12.7. The Bertz CT molecular complexity index is 765. The summed E-state index contributed by atoms with van der Waals surface area (Å²) in [4.78, 5) is 12.7. The molecule has 0 radical (unpaired) electrons. The smallest absolute Gasteiger partial charge is 0.233 e. The van der Waals surface area contributed by atoms with Crippen molar-refractivity contribution in [3.63, 3.8) is 0 Å². The summed E-state index contributed by atoms with van der Waals surface area (Å²) in [6.07, 6.45) is 7.22. The van der Waals surface area contributed by atoms with E-state index < -0.39 is 0 Å². The lowest BCUT2D eigenvalue weighted by Gasteiger charge is -2.19. The van der Waals surface area contributed by atoms with Crippen molar-refractivity contribution in [2.45, 2.75) is 82.3 Å². The largest absolute Gasteiger partial charge is 0.352 e. The lowest BCUT2D eigenvalue weighted by molar-refractivity contribution is -0.121. The van der Waals surface area contributed by atoms with E-state index in [1.807, 2.05) is 19.1 Å². The highest BCUT2D eigenvalue weighted by Gasteiger charge is 2.23. The highest BCUT2D eigenvalue weighted by molar-refractivity contribution is 8.00. The molecule has 0 spiro atoms. The van der Waals surface area contributed by atoms with Crippen LogP contribution in [0.1, 0.15) is 57.9 Å². The van der Waals surface area contributed by atoms with Crippen LogP contribution in [0.25, 0.3) is 11.4 Å². The summed E-state index contributed by atoms with van der Waals surface area (Å²) in [6, 6.07) is 8.53. The maximum Gasteiger partial charge on any atom is 0.233 e. The fourth-order valence-electron chi connectivity index (χ4n) is 3.64. The molecule has 1 aliphatic rings. The number of nitrogens with zero attached hydrogens (tertiary/aromatic N) is 3. The van der Waals surface area contributed by atoms with Crippen LogP contribution < -0.4 is 5.32 Å². The van der Waals surface area contributed by atoms with E-state index in [0.717, 1.165) is 35.9 Å². The van der Waals surface area contributed by atoms with Crippen molar-refractivity contribution in [3.05, 3.63) is 29.8 Å². The molecule has 146 valence electrons. The SMILES string of the molecule is CCn1c(S[C@@H](C)C(=O)NC2CCCCCC2)nnc1-c1ccccc1C. The number of thioether (sulfide) groups is 1. The van der Waals surface area contributed by atoms with Gasteiger partial charge in [-0.3, -0.25) is 4.79 Å². The van der Waals surface area contributed by atoms with Gasteiger partial charge in [-0.1, -0.05) is 61.7 Å². The fraction of sp³-hybridized carbons (Fsp3) is 0.571. The Morgan fingerprint density at radius 1 is 1.22 bits per heavy atom. The summed E-state index contributed by atoms with van der Waals surface area (Å²) in [7, 11) is 0. The van der Waals surface area contributed by atoms with Crippen LogP contribution in [0.4, 0.5) is 0 Å². The van der Waals surface area contributed by atoms with Crippen LogP contribution in [0.5, 0.6) is 0 Å². The molecule has 2 aromatic rings. The molecule has 1 saturated carbocycles. The third kappa shape index (κ3) is 4.92. The van der Waals surface area contributed by atoms with Crippen LogP contribution in [0.15, 0.2) is 29.4 Å². The predicted octanol–water partition coefficient (Wildman–Crippen LogP) is 4.59. The van der Waals surface area contributed by atoms with Gasteiger partial charge in [-0.15, -0.1) is 10.2 Å². The first-order valence-corrected chi connectivity index (χ1v) is 10.9. The minimum Gasteiger partial charge on any atom is -0.352 e. The van der Waals surface area contributed by atoms with Gasteiger partial charge in [-0.05, 0) is 39.2 Å². The molecule has 0 bridgehead atoms. The number of hydrogen-bond donors (Lipinski definition) is 1. The van der Waals surface area contributed by atoms with E-state index in [4.69, 9.17) is 0 Å². The van der Waals surface area contributed by atoms with Crippen molar-refractivity contribution >= 4 is 17.7 Å². The second-order valence-corrected chi connectivity index (χ2v) is 8.63. The molecule has 1 atom stereocenters. The summed E-state index contributed by atoms with van der Waals surface area (Å²) < 4.78 is 2.10. The number of hydrogen-bond acceptors (Lipinski definition) is 4. The van der Waals surface area contributed by atoms with Crippen LogP contribution in [0.3, 0.4) is 0 Å². The molecule has 1 N–H and O–H groups in total. The fourth-order valence-corrected chi connectivity index (χ4v) is 4.56. The Morgan fingerprint density at radius 3 is 2.59 bits per heavy atom. The summed E-state index contributed by atoms with van der Waals surface area (Å²) >= 11 is 1.50. The van der Waals surface area contributed by atoms with Crippen molar-refractivity contribution in [1.82, 2.24) is 20.1 Å². The van der Waals surface area contributed by atoms with Gasteiger partial charge in [-0.2, -0.15) is 0 Å². The van der Waals surface area contributed by atoms with Crippen LogP contribution >= 0.6 is 11.8 Å². The summed E-state index contributed by atoms with van der Waals surface area (Å²) in [5, 5.41) is 12.7. The summed E-state index contributed by atoms with van der Waals surface area (Å²) in [5.74, 6) is 0.976. The standard InChI is InChI=1S/C21H30N4OS/c1-4-25-19(18-14-10-9-11-15(18)2)23-24-21(25)27-16(3)20(26)22-17-12-7-5-6-8-13-17/h9-11,14,16-17H,4-8,12-13H2,1-3H3,(H,22,26)/t16-/m0/s1. The number of benzene rings is 1. The second-order valence-electron chi connectivity index (χ2n) is 7.32. The monoisotopic (exact) mass is 386 g/mol. The van der Waals surface area contributed by atoms with Crippen molar-refractivity contribution in [2.24, 2.45) is 0 Å². The second kappa shape index (κ2) is 9.40. The topological polar surface area (TPSA) is 59.8 Å². The number of carbonyl (C=O) groups excluding carboxylic acids is 1. The van der Waals surface area contributed by atoms with Gasteiger partial charge in [0.2, 0.25) is 5.91 Å². The third-order valence-corrected chi connectivity index (χ3v) is 6.35. The highest BCUT2D eigenvalue weighted by Crippen LogP contribution is 2.28. The molecule has 1 amide bonds. The van der Waals surface area contributed by atoms with E-state index in [-0.39, 0.29) is 11.2 Å². The number of aryl methyl sites for hydroxylation is 1. The molecule has 0 saturated heterocycles. The molecule has 1 aromatic heterocycles. The quantitative estimate of drug-likeness (QED) is 0.582. The van der Waals surface area contributed by atoms with Crippen molar-refractivity contribution in [1.29, 1.82) is 0 Å². The van der Waals surface area contributed by atoms with E-state index in [1.54, 1.807) is 0 Å². The van der Waals surface area contributed by atoms with Gasteiger partial charge in [0.25, 0.3) is 0 Å². The van der Waals surface area contributed by atoms with Gasteiger partial charge in [0.15, 0.2) is 11.0 Å². The zero-order valence-corrected chi connectivity index (χ0v) is 17.4. The van der Waals surface area contributed by atoms with Crippen LogP contribution in [0, 0.1) is 6.92 Å². The molecule has 1 aliphatic carbocycles. The molecule has 6 heteroatoms. The van der Waals surface area contributed by atoms with Gasteiger partial charge in [0.1, 0.15) is 0 Å². The molecule has 1 aromatic carbocycles. The normalized spacial score (nSPS) is 16.7. The van der Waals surface area contributed by atoms with E-state index in [9.17, 15) is 4.79 Å². The average Bonchev–Trinajstić information content (AvgIpc) is 2.88. The first-order chi connectivity index (χ1) is 13.1. The van der Waals surface area contributed by atoms with Gasteiger partial charge < -0.3 is 9.88 Å². The molecule has 5 nitrogen and oxygen atoms in total. The summed E-state index contributed by atoms with van der Waals surface area (Å²) in [6.45, 7) is 6.90. The minimum absolute atomic E-state index is 0.106. The molecule has 3 rings (SSSR count). The summed E-state index contributed by atoms with van der Waals surface area (Å²) in [5.41, 5.74) is 2.27. The Hall–Kier alpha value is -1.82. The van der Waals surface area contributed by atoms with Gasteiger partial charge in [-0.25, -0.2) is 0 Å². The zero-order valence-electron chi connectivity index (χ0n) is 16.6. The molecular formula is C21H30N4OS. The Balaban J connectivity index is 1.69. The molecule has 1 fully saturated rings. The van der Waals surface area contributed by atoms with Crippen molar-refractivity contribution < 1.29 is 4.79 Å². The van der Waals surface area contributed by atoms with E-state index in [0.29, 0.717) is 6.04 Å². The molecule has 1 heterocycles. The van der Waals surface area contributed by atoms with Crippen LogP contribution in [-0.2, 0) is 11.3 Å². The zero-order chi connectivity index (χ0) is 19.2. The first kappa shape index (κ1) is 19.9. The Labute approximate surface area is 166 Å². The molecular weight excluding hydrogens is 356 g/mol. The van der Waals surface area contributed by atoms with E-state index in [2.05, 4.69) is 46.1 Å². The van der Waals surface area contributed by atoms with Gasteiger partial charge in [0, 0.05) is 18.2 Å². The maximum atomic E-state index is 12.7. The molecule has 0 unspecified atom stereocenters. The lowest BCUT2D eigenvalue weighted by Crippen LogP contribution is -2.39. The Morgan fingerprint density at radius 2 is 1.93 bits per heavy atom. The number of aromatic nitrogens is 3. The first-order valence-electron chi connectivity index (χ1n) is 10.1. The van der Waals surface area contributed by atoms with Crippen LogP contribution in [-0.4, -0.2) is 32.0 Å². The average molecular weight is 387 g/mol. The molecule has 0 aliphatic heterocycles. The predicted molar refractivity (Wildman–Crippen MR) is 111 cm³/mol. The van der Waals surface area contributed by atoms with Gasteiger partial charge >= 0.3 is 0 Å². The van der Waals surface area contributed by atoms with Gasteiger partial charge in [0.05, 0.1) is 5.25 Å². The van der Waals surface area contributed by atoms with E-state index >= 15 is 0 Å². The van der Waals surface area contributed by atoms with Crippen molar-refractivity contribution in [2.75, 3.05) is 0 Å². The highest BCUT2D eigenvalue weighted by atomic mass is 32.2. The lowest BCUT2D eigenvalue weighted by atomic mass is 10.1. The number of carbonyl (C=O) groups is 1. The minimum atomic E-state index is -0.188. The number of amides is 1. The number of nitrogens with one attached hydrogen (secondary N) is 1. The third-order valence-electron chi connectivity index (χ3n) is 5.27. The van der Waals surface area contributed by atoms with Crippen molar-refractivity contribution in [3.8, 4) is 11.4 Å².